The zero-order valence-electron chi connectivity index (χ0n) is 15.8. The highest BCUT2D eigenvalue weighted by Crippen LogP contribution is 2.20. The molecule has 0 amide bonds. The lowest BCUT2D eigenvalue weighted by molar-refractivity contribution is 0.122. The van der Waals surface area contributed by atoms with Gasteiger partial charge in [-0.2, -0.15) is 0 Å². The summed E-state index contributed by atoms with van der Waals surface area (Å²) in [6.45, 7) is 5.28. The van der Waals surface area contributed by atoms with E-state index >= 15 is 0 Å². The molecule has 28 heavy (non-hydrogen) atoms. The molecule has 0 bridgehead atoms. The number of morpholine rings is 1. The highest BCUT2D eigenvalue weighted by molar-refractivity contribution is 7.90. The fourth-order valence-electron chi connectivity index (χ4n) is 3.66. The van der Waals surface area contributed by atoms with E-state index in [1.165, 1.54) is 11.3 Å². The van der Waals surface area contributed by atoms with E-state index in [0.717, 1.165) is 45.6 Å². The second-order valence-corrected chi connectivity index (χ2v) is 9.23. The van der Waals surface area contributed by atoms with Crippen LogP contribution >= 0.6 is 0 Å². The van der Waals surface area contributed by atoms with E-state index in [-0.39, 0.29) is 10.7 Å². The number of H-pyrrole nitrogens is 1. The Balaban J connectivity index is 1.46. The molecule has 2 aliphatic rings. The number of rotatable bonds is 4. The quantitative estimate of drug-likeness (QED) is 0.744. The molecule has 1 saturated heterocycles. The molecule has 0 unspecified atom stereocenters. The molecule has 0 radical (unpaired) electrons. The number of aromatic nitrogens is 2. The SMILES string of the molecule is CS(=O)(=O)c1nc2c(c(=O)[nH]1)CN(Cc1ccc(N3CCOCC3)cc1)CC2. The summed E-state index contributed by atoms with van der Waals surface area (Å²) in [4.78, 5) is 23.4. The van der Waals surface area contributed by atoms with Crippen molar-refractivity contribution >= 4 is 15.5 Å². The first-order chi connectivity index (χ1) is 13.4. The van der Waals surface area contributed by atoms with E-state index in [1.54, 1.807) is 0 Å². The van der Waals surface area contributed by atoms with Gasteiger partial charge in [0.1, 0.15) is 0 Å². The summed E-state index contributed by atoms with van der Waals surface area (Å²) in [7, 11) is -3.53. The maximum atomic E-state index is 12.3. The van der Waals surface area contributed by atoms with Crippen LogP contribution in [-0.4, -0.2) is 62.4 Å². The smallest absolute Gasteiger partial charge is 0.256 e. The lowest BCUT2D eigenvalue weighted by Gasteiger charge is -2.30. The van der Waals surface area contributed by atoms with Crippen molar-refractivity contribution in [3.05, 3.63) is 51.4 Å². The molecule has 0 saturated carbocycles. The number of anilines is 1. The number of nitrogens with zero attached hydrogens (tertiary/aromatic N) is 3. The van der Waals surface area contributed by atoms with Crippen LogP contribution < -0.4 is 10.5 Å². The lowest BCUT2D eigenvalue weighted by atomic mass is 10.1. The Morgan fingerprint density at radius 2 is 1.86 bits per heavy atom. The van der Waals surface area contributed by atoms with Crippen LogP contribution in [0.5, 0.6) is 0 Å². The molecule has 8 nitrogen and oxygen atoms in total. The minimum absolute atomic E-state index is 0.247. The average Bonchev–Trinajstić information content (AvgIpc) is 2.69. The first-order valence-electron chi connectivity index (χ1n) is 9.36. The number of hydrogen-bond acceptors (Lipinski definition) is 7. The summed E-state index contributed by atoms with van der Waals surface area (Å²) in [6, 6.07) is 8.50. The van der Waals surface area contributed by atoms with Gasteiger partial charge >= 0.3 is 0 Å². The van der Waals surface area contributed by atoms with Gasteiger partial charge in [-0.25, -0.2) is 13.4 Å². The molecule has 0 aliphatic carbocycles. The maximum absolute atomic E-state index is 12.3. The van der Waals surface area contributed by atoms with Crippen LogP contribution in [0.25, 0.3) is 0 Å². The number of sulfone groups is 1. The predicted molar refractivity (Wildman–Crippen MR) is 105 cm³/mol. The third-order valence-electron chi connectivity index (χ3n) is 5.20. The highest BCUT2D eigenvalue weighted by atomic mass is 32.2. The van der Waals surface area contributed by atoms with Crippen molar-refractivity contribution in [3.63, 3.8) is 0 Å². The summed E-state index contributed by atoms with van der Waals surface area (Å²) in [5, 5.41) is -0.247. The molecule has 1 aromatic carbocycles. The second-order valence-electron chi connectivity index (χ2n) is 7.30. The van der Waals surface area contributed by atoms with Gasteiger partial charge in [-0.3, -0.25) is 14.7 Å². The van der Waals surface area contributed by atoms with Gasteiger partial charge in [-0.15, -0.1) is 0 Å². The molecule has 0 spiro atoms. The summed E-state index contributed by atoms with van der Waals surface area (Å²) < 4.78 is 28.7. The third-order valence-corrected chi connectivity index (χ3v) is 6.09. The van der Waals surface area contributed by atoms with E-state index in [4.69, 9.17) is 4.74 Å². The van der Waals surface area contributed by atoms with Crippen LogP contribution in [0, 0.1) is 0 Å². The predicted octanol–water partition coefficient (Wildman–Crippen LogP) is 0.568. The van der Waals surface area contributed by atoms with Crippen molar-refractivity contribution in [2.24, 2.45) is 0 Å². The Hall–Kier alpha value is -2.23. The van der Waals surface area contributed by atoms with Crippen LogP contribution in [0.2, 0.25) is 0 Å². The summed E-state index contributed by atoms with van der Waals surface area (Å²) >= 11 is 0. The van der Waals surface area contributed by atoms with Gasteiger partial charge in [0.15, 0.2) is 0 Å². The van der Waals surface area contributed by atoms with Crippen molar-refractivity contribution in [2.75, 3.05) is 44.0 Å². The number of aromatic amines is 1. The topological polar surface area (TPSA) is 95.6 Å². The Kier molecular flexibility index (Phi) is 5.22. The van der Waals surface area contributed by atoms with Crippen LogP contribution in [-0.2, 0) is 34.1 Å². The van der Waals surface area contributed by atoms with Crippen molar-refractivity contribution < 1.29 is 13.2 Å². The monoisotopic (exact) mass is 404 g/mol. The zero-order chi connectivity index (χ0) is 19.7. The van der Waals surface area contributed by atoms with Crippen molar-refractivity contribution in [1.29, 1.82) is 0 Å². The van der Waals surface area contributed by atoms with Gasteiger partial charge in [0, 0.05) is 51.1 Å². The largest absolute Gasteiger partial charge is 0.378 e. The Morgan fingerprint density at radius 1 is 1.14 bits per heavy atom. The first-order valence-corrected chi connectivity index (χ1v) is 11.3. The number of benzene rings is 1. The second kappa shape index (κ2) is 7.65. The summed E-state index contributed by atoms with van der Waals surface area (Å²) in [5.41, 5.74) is 3.16. The van der Waals surface area contributed by atoms with E-state index in [2.05, 4.69) is 44.0 Å². The minimum atomic E-state index is -3.53. The standard InChI is InChI=1S/C19H24N4O4S/c1-28(25,26)19-20-17-6-7-22(13-16(17)18(24)21-19)12-14-2-4-15(5-3-14)23-8-10-27-11-9-23/h2-5H,6-13H2,1H3,(H,20,21,24). The first kappa shape index (κ1) is 19.1. The molecule has 1 N–H and O–H groups in total. The Labute approximate surface area is 164 Å². The number of nitrogens with one attached hydrogen (secondary N) is 1. The fourth-order valence-corrected chi connectivity index (χ4v) is 4.21. The fraction of sp³-hybridized carbons (Fsp3) is 0.474. The zero-order valence-corrected chi connectivity index (χ0v) is 16.7. The molecule has 4 rings (SSSR count). The van der Waals surface area contributed by atoms with Crippen LogP contribution in [0.4, 0.5) is 5.69 Å². The summed E-state index contributed by atoms with van der Waals surface area (Å²) in [6.07, 6.45) is 1.61. The minimum Gasteiger partial charge on any atom is -0.378 e. The van der Waals surface area contributed by atoms with Crippen molar-refractivity contribution in [3.8, 4) is 0 Å². The van der Waals surface area contributed by atoms with Gasteiger partial charge in [0.25, 0.3) is 5.56 Å². The molecule has 150 valence electrons. The average molecular weight is 404 g/mol. The van der Waals surface area contributed by atoms with E-state index in [9.17, 15) is 13.2 Å². The molecule has 3 heterocycles. The summed E-state index contributed by atoms with van der Waals surface area (Å²) in [5.74, 6) is 0. The molecule has 2 aromatic rings. The van der Waals surface area contributed by atoms with Gasteiger partial charge < -0.3 is 9.64 Å². The van der Waals surface area contributed by atoms with Crippen molar-refractivity contribution in [1.82, 2.24) is 14.9 Å². The Bertz CT molecular complexity index is 1010. The lowest BCUT2D eigenvalue weighted by Crippen LogP contribution is -2.36. The van der Waals surface area contributed by atoms with E-state index < -0.39 is 9.84 Å². The molecule has 0 atom stereocenters. The third kappa shape index (κ3) is 4.11. The van der Waals surface area contributed by atoms with Crippen molar-refractivity contribution in [2.45, 2.75) is 24.7 Å². The molecular formula is C19H24N4O4S. The van der Waals surface area contributed by atoms with E-state index in [0.29, 0.717) is 24.2 Å². The Morgan fingerprint density at radius 3 is 2.54 bits per heavy atom. The van der Waals surface area contributed by atoms with Gasteiger partial charge in [0.05, 0.1) is 24.5 Å². The molecule has 1 fully saturated rings. The molecule has 9 heteroatoms. The van der Waals surface area contributed by atoms with Crippen LogP contribution in [0.1, 0.15) is 16.8 Å². The number of fused-ring (bicyclic) bond motifs is 1. The van der Waals surface area contributed by atoms with E-state index in [1.807, 2.05) is 0 Å². The van der Waals surface area contributed by atoms with Crippen LogP contribution in [0.3, 0.4) is 0 Å². The van der Waals surface area contributed by atoms with Crippen LogP contribution in [0.15, 0.2) is 34.2 Å². The number of hydrogen-bond donors (Lipinski definition) is 1. The maximum Gasteiger partial charge on any atom is 0.256 e. The highest BCUT2D eigenvalue weighted by Gasteiger charge is 2.23. The normalized spacial score (nSPS) is 18.1. The molecular weight excluding hydrogens is 380 g/mol. The van der Waals surface area contributed by atoms with Gasteiger partial charge in [-0.1, -0.05) is 12.1 Å². The number of ether oxygens (including phenoxy) is 1. The van der Waals surface area contributed by atoms with Gasteiger partial charge in [-0.05, 0) is 17.7 Å². The molecule has 1 aromatic heterocycles. The molecule has 2 aliphatic heterocycles. The van der Waals surface area contributed by atoms with Gasteiger partial charge in [0.2, 0.25) is 15.0 Å².